The number of methoxy groups -OCH3 is 1. The van der Waals surface area contributed by atoms with Gasteiger partial charge in [0.05, 0.1) is 28.8 Å². The van der Waals surface area contributed by atoms with E-state index in [2.05, 4.69) is 15.2 Å². The number of aryl methyl sites for hydroxylation is 2. The van der Waals surface area contributed by atoms with Crippen LogP contribution in [0.2, 0.25) is 5.02 Å². The quantitative estimate of drug-likeness (QED) is 0.431. The van der Waals surface area contributed by atoms with Crippen LogP contribution in [0.5, 0.6) is 0 Å². The number of halogens is 1. The van der Waals surface area contributed by atoms with Crippen molar-refractivity contribution in [2.45, 2.75) is 20.5 Å². The molecule has 0 aliphatic heterocycles. The minimum atomic E-state index is -0.241. The molecule has 0 unspecified atom stereocenters. The van der Waals surface area contributed by atoms with Crippen molar-refractivity contribution in [2.75, 3.05) is 7.11 Å². The highest BCUT2D eigenvalue weighted by atomic mass is 35.5. The second kappa shape index (κ2) is 7.29. The van der Waals surface area contributed by atoms with Gasteiger partial charge in [0, 0.05) is 24.5 Å². The summed E-state index contributed by atoms with van der Waals surface area (Å²) in [6.07, 6.45) is 3.27. The Hall–Kier alpha value is -3.56. The molecule has 9 nitrogen and oxygen atoms in total. The smallest absolute Gasteiger partial charge is 0.280 e. The van der Waals surface area contributed by atoms with Gasteiger partial charge in [-0.3, -0.25) is 4.79 Å². The predicted molar refractivity (Wildman–Crippen MR) is 116 cm³/mol. The number of aromatic nitrogens is 7. The Morgan fingerprint density at radius 3 is 2.45 bits per heavy atom. The molecule has 0 amide bonds. The van der Waals surface area contributed by atoms with Crippen molar-refractivity contribution in [1.29, 1.82) is 0 Å². The number of rotatable bonds is 4. The summed E-state index contributed by atoms with van der Waals surface area (Å²) in [7, 11) is 1.61. The zero-order valence-corrected chi connectivity index (χ0v) is 17.8. The van der Waals surface area contributed by atoms with Gasteiger partial charge in [0.2, 0.25) is 0 Å². The molecule has 0 fully saturated rings. The third-order valence-corrected chi connectivity index (χ3v) is 5.40. The van der Waals surface area contributed by atoms with Crippen LogP contribution in [0, 0.1) is 13.8 Å². The van der Waals surface area contributed by atoms with Crippen molar-refractivity contribution >= 4 is 28.2 Å². The summed E-state index contributed by atoms with van der Waals surface area (Å²) >= 11 is 6.06. The van der Waals surface area contributed by atoms with Gasteiger partial charge in [-0.25, -0.2) is 18.9 Å². The van der Waals surface area contributed by atoms with E-state index >= 15 is 0 Å². The van der Waals surface area contributed by atoms with Crippen LogP contribution in [0.15, 0.2) is 47.5 Å². The maximum absolute atomic E-state index is 13.3. The highest BCUT2D eigenvalue weighted by Crippen LogP contribution is 2.30. The van der Waals surface area contributed by atoms with Crippen LogP contribution in [-0.2, 0) is 11.3 Å². The SMILES string of the molecule is COCc1nn2c(ncc3c(=O)n(-n4c(C)nnc4C)ccc32)c1-c1ccc(Cl)cc1. The predicted octanol–water partition coefficient (Wildman–Crippen LogP) is 3.03. The van der Waals surface area contributed by atoms with E-state index in [4.69, 9.17) is 21.4 Å². The van der Waals surface area contributed by atoms with E-state index in [9.17, 15) is 4.79 Å². The molecular weight excluding hydrogens is 418 g/mol. The number of benzene rings is 1. The van der Waals surface area contributed by atoms with Crippen LogP contribution < -0.4 is 5.56 Å². The van der Waals surface area contributed by atoms with E-state index < -0.39 is 0 Å². The van der Waals surface area contributed by atoms with Gasteiger partial charge in [-0.2, -0.15) is 5.10 Å². The Morgan fingerprint density at radius 1 is 1.06 bits per heavy atom. The Bertz CT molecular complexity index is 1480. The average Bonchev–Trinajstić information content (AvgIpc) is 3.29. The standard InChI is InChI=1S/C21H18ClN7O2/c1-12-24-25-13(2)29(12)27-9-8-18-16(21(27)30)10-23-20-19(14-4-6-15(22)7-5-14)17(11-31-3)26-28(18)20/h4-10H,11H2,1-3H3. The molecular formula is C21H18ClN7O2. The van der Waals surface area contributed by atoms with E-state index in [0.29, 0.717) is 39.8 Å². The fraction of sp³-hybridized carbons (Fsp3) is 0.190. The lowest BCUT2D eigenvalue weighted by Crippen LogP contribution is -2.27. The van der Waals surface area contributed by atoms with E-state index in [1.54, 1.807) is 42.5 Å². The molecule has 156 valence electrons. The fourth-order valence-electron chi connectivity index (χ4n) is 3.79. The molecule has 4 heterocycles. The summed E-state index contributed by atoms with van der Waals surface area (Å²) < 4.78 is 10.2. The van der Waals surface area contributed by atoms with Crippen molar-refractivity contribution in [2.24, 2.45) is 0 Å². The molecule has 10 heteroatoms. The van der Waals surface area contributed by atoms with Crippen LogP contribution in [0.1, 0.15) is 17.3 Å². The zero-order chi connectivity index (χ0) is 21.7. The van der Waals surface area contributed by atoms with Crippen LogP contribution in [0.25, 0.3) is 27.7 Å². The first kappa shape index (κ1) is 19.4. The number of hydrogen-bond acceptors (Lipinski definition) is 6. The molecule has 0 bridgehead atoms. The molecule has 0 radical (unpaired) electrons. The van der Waals surface area contributed by atoms with Crippen LogP contribution in [0.3, 0.4) is 0 Å². The summed E-state index contributed by atoms with van der Waals surface area (Å²) in [4.78, 5) is 17.9. The van der Waals surface area contributed by atoms with E-state index in [1.807, 2.05) is 30.3 Å². The summed E-state index contributed by atoms with van der Waals surface area (Å²) in [6.45, 7) is 3.89. The van der Waals surface area contributed by atoms with Gasteiger partial charge in [0.25, 0.3) is 5.56 Å². The monoisotopic (exact) mass is 435 g/mol. The first-order valence-corrected chi connectivity index (χ1v) is 9.93. The molecule has 0 aliphatic rings. The Balaban J connectivity index is 1.79. The molecule has 1 aromatic carbocycles. The highest BCUT2D eigenvalue weighted by molar-refractivity contribution is 6.30. The van der Waals surface area contributed by atoms with Crippen molar-refractivity contribution in [3.63, 3.8) is 0 Å². The van der Waals surface area contributed by atoms with Crippen molar-refractivity contribution in [3.05, 3.63) is 75.4 Å². The summed E-state index contributed by atoms with van der Waals surface area (Å²) in [5.74, 6) is 1.22. The third kappa shape index (κ3) is 3.01. The molecule has 4 aromatic heterocycles. The maximum Gasteiger partial charge on any atom is 0.280 e. The number of pyridine rings is 1. The second-order valence-corrected chi connectivity index (χ2v) is 7.56. The fourth-order valence-corrected chi connectivity index (χ4v) is 3.91. The van der Waals surface area contributed by atoms with Gasteiger partial charge in [0.1, 0.15) is 11.6 Å². The first-order chi connectivity index (χ1) is 15.0. The lowest BCUT2D eigenvalue weighted by atomic mass is 10.1. The van der Waals surface area contributed by atoms with Crippen LogP contribution in [0.4, 0.5) is 0 Å². The zero-order valence-electron chi connectivity index (χ0n) is 17.1. The molecule has 31 heavy (non-hydrogen) atoms. The summed E-state index contributed by atoms with van der Waals surface area (Å²) in [5, 5.41) is 13.9. The van der Waals surface area contributed by atoms with Crippen LogP contribution >= 0.6 is 11.6 Å². The Labute approximate surface area is 181 Å². The van der Waals surface area contributed by atoms with Crippen LogP contribution in [-0.4, -0.2) is 41.3 Å². The summed E-state index contributed by atoms with van der Waals surface area (Å²) in [5.41, 5.74) is 3.52. The lowest BCUT2D eigenvalue weighted by molar-refractivity contribution is 0.181. The van der Waals surface area contributed by atoms with Gasteiger partial charge in [0.15, 0.2) is 5.65 Å². The summed E-state index contributed by atoms with van der Waals surface area (Å²) in [6, 6.07) is 9.31. The normalized spacial score (nSPS) is 11.6. The number of nitrogens with zero attached hydrogens (tertiary/aromatic N) is 7. The number of ether oxygens (including phenoxy) is 1. The van der Waals surface area contributed by atoms with Crippen molar-refractivity contribution < 1.29 is 4.74 Å². The van der Waals surface area contributed by atoms with Crippen molar-refractivity contribution in [1.82, 2.24) is 34.1 Å². The number of hydrogen-bond donors (Lipinski definition) is 0. The molecule has 0 saturated heterocycles. The van der Waals surface area contributed by atoms with Gasteiger partial charge < -0.3 is 4.74 Å². The molecule has 0 atom stereocenters. The van der Waals surface area contributed by atoms with Crippen molar-refractivity contribution in [3.8, 4) is 11.1 Å². The van der Waals surface area contributed by atoms with E-state index in [-0.39, 0.29) is 5.56 Å². The highest BCUT2D eigenvalue weighted by Gasteiger charge is 2.19. The van der Waals surface area contributed by atoms with Gasteiger partial charge in [-0.1, -0.05) is 23.7 Å². The lowest BCUT2D eigenvalue weighted by Gasteiger charge is -2.11. The average molecular weight is 436 g/mol. The van der Waals surface area contributed by atoms with Gasteiger partial charge in [-0.15, -0.1) is 10.2 Å². The molecule has 0 spiro atoms. The second-order valence-electron chi connectivity index (χ2n) is 7.13. The topological polar surface area (TPSA) is 92.1 Å². The molecule has 5 rings (SSSR count). The maximum atomic E-state index is 13.3. The Kier molecular flexibility index (Phi) is 4.57. The molecule has 0 saturated carbocycles. The largest absolute Gasteiger partial charge is 0.378 e. The third-order valence-electron chi connectivity index (χ3n) is 5.15. The number of fused-ring (bicyclic) bond motifs is 3. The van der Waals surface area contributed by atoms with Gasteiger partial charge >= 0.3 is 0 Å². The van der Waals surface area contributed by atoms with E-state index in [0.717, 1.165) is 16.8 Å². The minimum Gasteiger partial charge on any atom is -0.378 e. The Morgan fingerprint density at radius 2 is 1.77 bits per heavy atom. The molecule has 0 N–H and O–H groups in total. The minimum absolute atomic E-state index is 0.241. The molecule has 0 aliphatic carbocycles. The molecule has 5 aromatic rings. The van der Waals surface area contributed by atoms with E-state index in [1.165, 1.54) is 4.68 Å². The van der Waals surface area contributed by atoms with Gasteiger partial charge in [-0.05, 0) is 37.6 Å². The first-order valence-electron chi connectivity index (χ1n) is 9.55.